The fourth-order valence-corrected chi connectivity index (χ4v) is 1.56. The van der Waals surface area contributed by atoms with Crippen LogP contribution < -0.4 is 5.32 Å². The van der Waals surface area contributed by atoms with Crippen LogP contribution in [0.1, 0.15) is 16.1 Å². The zero-order valence-corrected chi connectivity index (χ0v) is 9.64. The molecule has 0 unspecified atom stereocenters. The van der Waals surface area contributed by atoms with E-state index in [1.807, 2.05) is 13.0 Å². The van der Waals surface area contributed by atoms with E-state index in [0.717, 1.165) is 17.4 Å². The van der Waals surface area contributed by atoms with Crippen LogP contribution in [0.4, 0.5) is 15.8 Å². The molecule has 92 valence electrons. The van der Waals surface area contributed by atoms with Crippen LogP contribution in [-0.4, -0.2) is 16.1 Å². The summed E-state index contributed by atoms with van der Waals surface area (Å²) in [5.74, 6) is -2.04. The van der Waals surface area contributed by atoms with E-state index in [1.54, 1.807) is 12.3 Å². The van der Waals surface area contributed by atoms with E-state index in [2.05, 4.69) is 10.3 Å². The quantitative estimate of drug-likeness (QED) is 0.874. The number of hydrogen-bond acceptors (Lipinski definition) is 3. The number of carboxylic acid groups (broad SMARTS) is 1. The number of pyridine rings is 1. The maximum absolute atomic E-state index is 13.4. The number of aryl methyl sites for hydroxylation is 1. The molecule has 2 aromatic rings. The van der Waals surface area contributed by atoms with Gasteiger partial charge in [-0.3, -0.25) is 4.98 Å². The molecule has 0 aliphatic heterocycles. The largest absolute Gasteiger partial charge is 0.478 e. The van der Waals surface area contributed by atoms with Crippen LogP contribution in [0.15, 0.2) is 36.5 Å². The first-order valence-electron chi connectivity index (χ1n) is 5.29. The Hall–Kier alpha value is -2.43. The van der Waals surface area contributed by atoms with Gasteiger partial charge in [-0.05, 0) is 37.3 Å². The monoisotopic (exact) mass is 246 g/mol. The molecular formula is C13H11FN2O2. The Morgan fingerprint density at radius 2 is 2.00 bits per heavy atom. The lowest BCUT2D eigenvalue weighted by Gasteiger charge is -2.07. The number of halogens is 1. The van der Waals surface area contributed by atoms with Gasteiger partial charge in [0.1, 0.15) is 5.82 Å². The van der Waals surface area contributed by atoms with Gasteiger partial charge in [0.05, 0.1) is 5.56 Å². The SMILES string of the molecule is Cc1cc(Nc2ccc(C(=O)O)c(F)c2)ccn1. The number of aromatic nitrogens is 1. The molecule has 18 heavy (non-hydrogen) atoms. The van der Waals surface area contributed by atoms with Gasteiger partial charge in [-0.2, -0.15) is 0 Å². The minimum atomic E-state index is -1.28. The molecule has 0 aliphatic carbocycles. The normalized spacial score (nSPS) is 10.1. The predicted octanol–water partition coefficient (Wildman–Crippen LogP) is 2.97. The molecule has 0 fully saturated rings. The van der Waals surface area contributed by atoms with Crippen LogP contribution in [0.25, 0.3) is 0 Å². The van der Waals surface area contributed by atoms with Gasteiger partial charge in [-0.1, -0.05) is 0 Å². The summed E-state index contributed by atoms with van der Waals surface area (Å²) in [7, 11) is 0. The van der Waals surface area contributed by atoms with E-state index in [4.69, 9.17) is 5.11 Å². The Balaban J connectivity index is 2.25. The third-order valence-corrected chi connectivity index (χ3v) is 2.38. The lowest BCUT2D eigenvalue weighted by atomic mass is 10.2. The highest BCUT2D eigenvalue weighted by Gasteiger charge is 2.10. The number of nitrogens with zero attached hydrogens (tertiary/aromatic N) is 1. The van der Waals surface area contributed by atoms with Crippen LogP contribution in [-0.2, 0) is 0 Å². The van der Waals surface area contributed by atoms with Crippen LogP contribution in [0.2, 0.25) is 0 Å². The van der Waals surface area contributed by atoms with Crippen LogP contribution in [0.5, 0.6) is 0 Å². The lowest BCUT2D eigenvalue weighted by molar-refractivity contribution is 0.0692. The maximum atomic E-state index is 13.4. The average molecular weight is 246 g/mol. The molecule has 0 aliphatic rings. The molecule has 0 amide bonds. The summed E-state index contributed by atoms with van der Waals surface area (Å²) in [6.07, 6.45) is 1.64. The molecule has 0 spiro atoms. The zero-order chi connectivity index (χ0) is 13.1. The first kappa shape index (κ1) is 12.0. The molecule has 0 bridgehead atoms. The fourth-order valence-electron chi connectivity index (χ4n) is 1.56. The summed E-state index contributed by atoms with van der Waals surface area (Å²) in [6.45, 7) is 1.85. The molecule has 1 aromatic heterocycles. The minimum Gasteiger partial charge on any atom is -0.478 e. The molecule has 2 rings (SSSR count). The Morgan fingerprint density at radius 3 is 2.61 bits per heavy atom. The highest BCUT2D eigenvalue weighted by Crippen LogP contribution is 2.19. The number of aromatic carboxylic acids is 1. The Labute approximate surface area is 103 Å². The van der Waals surface area contributed by atoms with E-state index in [-0.39, 0.29) is 5.56 Å². The van der Waals surface area contributed by atoms with Crippen molar-refractivity contribution in [1.29, 1.82) is 0 Å². The second kappa shape index (κ2) is 4.83. The van der Waals surface area contributed by atoms with Crippen LogP contribution >= 0.6 is 0 Å². The molecule has 1 aromatic carbocycles. The summed E-state index contributed by atoms with van der Waals surface area (Å²) < 4.78 is 13.4. The smallest absolute Gasteiger partial charge is 0.338 e. The Bertz CT molecular complexity index is 599. The van der Waals surface area contributed by atoms with Crippen molar-refractivity contribution in [1.82, 2.24) is 4.98 Å². The predicted molar refractivity (Wildman–Crippen MR) is 65.6 cm³/mol. The number of rotatable bonds is 3. The Kier molecular flexibility index (Phi) is 3.23. The molecule has 2 N–H and O–H groups in total. The minimum absolute atomic E-state index is 0.341. The van der Waals surface area contributed by atoms with Gasteiger partial charge < -0.3 is 10.4 Å². The zero-order valence-electron chi connectivity index (χ0n) is 9.64. The Morgan fingerprint density at radius 1 is 1.28 bits per heavy atom. The highest BCUT2D eigenvalue weighted by atomic mass is 19.1. The summed E-state index contributed by atoms with van der Waals surface area (Å²) in [4.78, 5) is 14.7. The van der Waals surface area contributed by atoms with E-state index in [9.17, 15) is 9.18 Å². The number of anilines is 2. The van der Waals surface area contributed by atoms with Crippen molar-refractivity contribution in [2.24, 2.45) is 0 Å². The van der Waals surface area contributed by atoms with Gasteiger partial charge in [0.25, 0.3) is 0 Å². The lowest BCUT2D eigenvalue weighted by Crippen LogP contribution is -2.01. The van der Waals surface area contributed by atoms with E-state index in [1.165, 1.54) is 12.1 Å². The van der Waals surface area contributed by atoms with Crippen molar-refractivity contribution in [2.75, 3.05) is 5.32 Å². The van der Waals surface area contributed by atoms with Crippen molar-refractivity contribution in [3.63, 3.8) is 0 Å². The van der Waals surface area contributed by atoms with Crippen LogP contribution in [0.3, 0.4) is 0 Å². The first-order chi connectivity index (χ1) is 8.56. The second-order valence-corrected chi connectivity index (χ2v) is 3.81. The van der Waals surface area contributed by atoms with Gasteiger partial charge in [0.2, 0.25) is 0 Å². The van der Waals surface area contributed by atoms with Gasteiger partial charge in [0, 0.05) is 23.3 Å². The van der Waals surface area contributed by atoms with Gasteiger partial charge in [-0.15, -0.1) is 0 Å². The molecule has 0 saturated heterocycles. The molecule has 1 heterocycles. The van der Waals surface area contributed by atoms with Gasteiger partial charge >= 0.3 is 5.97 Å². The topological polar surface area (TPSA) is 62.2 Å². The van der Waals surface area contributed by atoms with E-state index < -0.39 is 11.8 Å². The summed E-state index contributed by atoms with van der Waals surface area (Å²) in [5.41, 5.74) is 1.75. The number of carbonyl (C=O) groups is 1. The molecule has 5 heteroatoms. The molecule has 0 radical (unpaired) electrons. The average Bonchev–Trinajstić information content (AvgIpc) is 2.28. The van der Waals surface area contributed by atoms with Crippen LogP contribution in [0, 0.1) is 12.7 Å². The third-order valence-electron chi connectivity index (χ3n) is 2.38. The molecule has 0 atom stereocenters. The summed E-state index contributed by atoms with van der Waals surface area (Å²) in [5, 5.41) is 11.7. The third kappa shape index (κ3) is 2.63. The number of carboxylic acids is 1. The van der Waals surface area contributed by atoms with Gasteiger partial charge in [0.15, 0.2) is 0 Å². The number of nitrogens with one attached hydrogen (secondary N) is 1. The van der Waals surface area contributed by atoms with Crippen molar-refractivity contribution in [3.8, 4) is 0 Å². The van der Waals surface area contributed by atoms with Crippen molar-refractivity contribution >= 4 is 17.3 Å². The van der Waals surface area contributed by atoms with Crippen molar-refractivity contribution < 1.29 is 14.3 Å². The van der Waals surface area contributed by atoms with Crippen molar-refractivity contribution in [3.05, 3.63) is 53.6 Å². The van der Waals surface area contributed by atoms with Crippen molar-refractivity contribution in [2.45, 2.75) is 6.92 Å². The summed E-state index contributed by atoms with van der Waals surface area (Å²) >= 11 is 0. The van der Waals surface area contributed by atoms with E-state index in [0.29, 0.717) is 5.69 Å². The summed E-state index contributed by atoms with van der Waals surface area (Å²) in [6, 6.07) is 7.45. The first-order valence-corrected chi connectivity index (χ1v) is 5.29. The van der Waals surface area contributed by atoms with Gasteiger partial charge in [-0.25, -0.2) is 9.18 Å². The number of benzene rings is 1. The molecule has 4 nitrogen and oxygen atoms in total. The standard InChI is InChI=1S/C13H11FN2O2/c1-8-6-10(4-5-15-8)16-9-2-3-11(13(17)18)12(14)7-9/h2-7H,1H3,(H,15,16)(H,17,18). The maximum Gasteiger partial charge on any atom is 0.338 e. The van der Waals surface area contributed by atoms with E-state index >= 15 is 0 Å². The highest BCUT2D eigenvalue weighted by molar-refractivity contribution is 5.88. The second-order valence-electron chi connectivity index (χ2n) is 3.81. The molecular weight excluding hydrogens is 235 g/mol. The number of hydrogen-bond donors (Lipinski definition) is 2. The fraction of sp³-hybridized carbons (Fsp3) is 0.0769. The molecule has 0 saturated carbocycles.